The first-order valence-corrected chi connectivity index (χ1v) is 13.7. The molecule has 2 atom stereocenters. The van der Waals surface area contributed by atoms with Gasteiger partial charge in [0.2, 0.25) is 5.91 Å². The first kappa shape index (κ1) is 27.2. The molecule has 1 N–H and O–H groups in total. The number of carbonyl (C=O) groups is 2. The maximum atomic E-state index is 13.3. The number of likely N-dealkylation sites (tertiary alicyclic amines) is 2. The Morgan fingerprint density at radius 3 is 1.86 bits per heavy atom. The lowest BCUT2D eigenvalue weighted by Crippen LogP contribution is -2.50. The van der Waals surface area contributed by atoms with E-state index in [1.54, 1.807) is 4.90 Å². The van der Waals surface area contributed by atoms with E-state index in [1.807, 2.05) is 86.3 Å². The maximum Gasteiger partial charge on any atom is 0.410 e. The highest BCUT2D eigenvalue weighted by Crippen LogP contribution is 2.44. The van der Waals surface area contributed by atoms with Crippen molar-refractivity contribution in [2.24, 2.45) is 17.8 Å². The van der Waals surface area contributed by atoms with E-state index in [1.165, 1.54) is 0 Å². The van der Waals surface area contributed by atoms with Gasteiger partial charge in [0.05, 0.1) is 0 Å². The minimum absolute atomic E-state index is 0.00147. The van der Waals surface area contributed by atoms with E-state index in [4.69, 9.17) is 4.74 Å². The summed E-state index contributed by atoms with van der Waals surface area (Å²) in [5.74, 6) is 0.601. The van der Waals surface area contributed by atoms with Crippen LogP contribution in [0.2, 0.25) is 0 Å². The molecule has 2 aliphatic heterocycles. The van der Waals surface area contributed by atoms with Crippen LogP contribution in [-0.2, 0) is 15.1 Å². The maximum absolute atomic E-state index is 13.3. The summed E-state index contributed by atoms with van der Waals surface area (Å²) in [5, 5.41) is 12.2. The third-order valence-corrected chi connectivity index (χ3v) is 7.95. The van der Waals surface area contributed by atoms with Crippen LogP contribution in [0.15, 0.2) is 60.7 Å². The van der Waals surface area contributed by atoms with Gasteiger partial charge < -0.3 is 19.6 Å². The smallest absolute Gasteiger partial charge is 0.410 e. The van der Waals surface area contributed by atoms with Crippen molar-refractivity contribution in [1.82, 2.24) is 9.80 Å². The Kier molecular flexibility index (Phi) is 8.27. The molecule has 0 bridgehead atoms. The highest BCUT2D eigenvalue weighted by Gasteiger charge is 2.45. The molecule has 200 valence electrons. The zero-order valence-electron chi connectivity index (χ0n) is 22.7. The number of nitrogens with zero attached hydrogens (tertiary/aromatic N) is 2. The zero-order chi connectivity index (χ0) is 26.6. The lowest BCUT2D eigenvalue weighted by molar-refractivity contribution is -0.137. The molecule has 2 heterocycles. The van der Waals surface area contributed by atoms with Crippen molar-refractivity contribution < 1.29 is 19.4 Å². The molecular formula is C31H42N2O4. The van der Waals surface area contributed by atoms with E-state index in [0.29, 0.717) is 32.6 Å². The Morgan fingerprint density at radius 1 is 0.865 bits per heavy atom. The van der Waals surface area contributed by atoms with Crippen molar-refractivity contribution in [1.29, 1.82) is 0 Å². The van der Waals surface area contributed by atoms with Crippen molar-refractivity contribution in [3.63, 3.8) is 0 Å². The molecule has 0 aliphatic carbocycles. The fraction of sp³-hybridized carbons (Fsp3) is 0.548. The van der Waals surface area contributed by atoms with Gasteiger partial charge in [-0.2, -0.15) is 0 Å². The van der Waals surface area contributed by atoms with Crippen LogP contribution in [0, 0.1) is 17.8 Å². The molecular weight excluding hydrogens is 464 g/mol. The lowest BCUT2D eigenvalue weighted by atomic mass is 9.68. The van der Waals surface area contributed by atoms with E-state index >= 15 is 0 Å². The van der Waals surface area contributed by atoms with E-state index in [9.17, 15) is 14.7 Å². The number of ether oxygens (including phenoxy) is 1. The average molecular weight is 507 g/mol. The lowest BCUT2D eigenvalue weighted by Gasteiger charge is -2.46. The predicted molar refractivity (Wildman–Crippen MR) is 145 cm³/mol. The molecule has 2 saturated heterocycles. The van der Waals surface area contributed by atoms with Gasteiger partial charge in [-0.1, -0.05) is 67.6 Å². The van der Waals surface area contributed by atoms with Gasteiger partial charge in [-0.05, 0) is 63.0 Å². The van der Waals surface area contributed by atoms with Crippen molar-refractivity contribution in [3.8, 4) is 0 Å². The van der Waals surface area contributed by atoms with E-state index in [0.717, 1.165) is 30.4 Å². The van der Waals surface area contributed by atoms with E-state index < -0.39 is 11.2 Å². The Bertz CT molecular complexity index is 1000. The number of hydrogen-bond acceptors (Lipinski definition) is 4. The quantitative estimate of drug-likeness (QED) is 0.586. The fourth-order valence-corrected chi connectivity index (χ4v) is 5.99. The Labute approximate surface area is 221 Å². The zero-order valence-corrected chi connectivity index (χ0v) is 22.7. The Hall–Kier alpha value is -2.86. The normalized spacial score (nSPS) is 21.5. The number of aliphatic hydroxyl groups is 1. The van der Waals surface area contributed by atoms with Crippen LogP contribution in [0.25, 0.3) is 0 Å². The molecule has 2 fully saturated rings. The first-order chi connectivity index (χ1) is 17.6. The second kappa shape index (κ2) is 11.3. The van der Waals surface area contributed by atoms with Crippen LogP contribution >= 0.6 is 0 Å². The van der Waals surface area contributed by atoms with Crippen LogP contribution in [0.3, 0.4) is 0 Å². The third-order valence-electron chi connectivity index (χ3n) is 7.95. The molecule has 0 spiro atoms. The minimum atomic E-state index is -1.11. The first-order valence-electron chi connectivity index (χ1n) is 13.7. The Balaban J connectivity index is 1.37. The topological polar surface area (TPSA) is 70.1 Å². The molecule has 0 radical (unpaired) electrons. The molecule has 6 heteroatoms. The number of benzene rings is 2. The van der Waals surface area contributed by atoms with Gasteiger partial charge in [0.15, 0.2) is 0 Å². The van der Waals surface area contributed by atoms with Crippen LogP contribution in [-0.4, -0.2) is 58.7 Å². The SMILES string of the molecule is C[C@H]1CN(C(=O)CC2CCN(C(=O)OC(C)(C)C)CC2)CCC1C(O)(c1ccccc1)c1ccccc1. The van der Waals surface area contributed by atoms with E-state index in [-0.39, 0.29) is 29.8 Å². The molecule has 1 unspecified atom stereocenters. The average Bonchev–Trinajstić information content (AvgIpc) is 2.88. The summed E-state index contributed by atoms with van der Waals surface area (Å²) >= 11 is 0. The molecule has 6 nitrogen and oxygen atoms in total. The summed E-state index contributed by atoms with van der Waals surface area (Å²) < 4.78 is 5.49. The van der Waals surface area contributed by atoms with Gasteiger partial charge in [-0.15, -0.1) is 0 Å². The van der Waals surface area contributed by atoms with Gasteiger partial charge in [-0.25, -0.2) is 4.79 Å². The van der Waals surface area contributed by atoms with Crippen molar-refractivity contribution in [2.45, 2.75) is 64.6 Å². The minimum Gasteiger partial charge on any atom is -0.444 e. The van der Waals surface area contributed by atoms with E-state index in [2.05, 4.69) is 6.92 Å². The Morgan fingerprint density at radius 2 is 1.38 bits per heavy atom. The van der Waals surface area contributed by atoms with Crippen molar-refractivity contribution >= 4 is 12.0 Å². The highest BCUT2D eigenvalue weighted by molar-refractivity contribution is 5.76. The fourth-order valence-electron chi connectivity index (χ4n) is 5.99. The molecule has 2 amide bonds. The number of rotatable bonds is 5. The largest absolute Gasteiger partial charge is 0.444 e. The van der Waals surface area contributed by atoms with Crippen molar-refractivity contribution in [2.75, 3.05) is 26.2 Å². The summed E-state index contributed by atoms with van der Waals surface area (Å²) in [4.78, 5) is 29.4. The molecule has 2 aromatic rings. The van der Waals surface area contributed by atoms with Crippen LogP contribution < -0.4 is 0 Å². The van der Waals surface area contributed by atoms with Gasteiger partial charge in [0, 0.05) is 38.5 Å². The van der Waals surface area contributed by atoms with Gasteiger partial charge in [0.25, 0.3) is 0 Å². The summed E-state index contributed by atoms with van der Waals surface area (Å²) in [6.45, 7) is 10.3. The second-order valence-corrected chi connectivity index (χ2v) is 11.8. The monoisotopic (exact) mass is 506 g/mol. The number of piperidine rings is 2. The standard InChI is InChI=1S/C31H42N2O4/c1-23-22-33(28(34)21-24-15-18-32(19-16-24)29(35)37-30(2,3)4)20-17-27(23)31(36,25-11-7-5-8-12-25)26-13-9-6-10-14-26/h5-14,23-24,27,36H,15-22H2,1-4H3/t23-,27?/m0/s1. The highest BCUT2D eigenvalue weighted by atomic mass is 16.6. The van der Waals surface area contributed by atoms with Crippen LogP contribution in [0.1, 0.15) is 64.5 Å². The molecule has 0 saturated carbocycles. The predicted octanol–water partition coefficient (Wildman–Crippen LogP) is 5.44. The second-order valence-electron chi connectivity index (χ2n) is 11.8. The van der Waals surface area contributed by atoms with Gasteiger partial charge in [0.1, 0.15) is 11.2 Å². The van der Waals surface area contributed by atoms with Crippen molar-refractivity contribution in [3.05, 3.63) is 71.8 Å². The van der Waals surface area contributed by atoms with Crippen LogP contribution in [0.4, 0.5) is 4.79 Å². The summed E-state index contributed by atoms with van der Waals surface area (Å²) in [6, 6.07) is 19.8. The molecule has 4 rings (SSSR count). The number of carbonyl (C=O) groups excluding carboxylic acids is 2. The molecule has 2 aliphatic rings. The summed E-state index contributed by atoms with van der Waals surface area (Å²) in [6.07, 6.45) is 2.63. The van der Waals surface area contributed by atoms with Gasteiger partial charge >= 0.3 is 6.09 Å². The molecule has 0 aromatic heterocycles. The van der Waals surface area contributed by atoms with Crippen LogP contribution in [0.5, 0.6) is 0 Å². The summed E-state index contributed by atoms with van der Waals surface area (Å²) in [5.41, 5.74) is 0.190. The third kappa shape index (κ3) is 6.35. The number of amides is 2. The summed E-state index contributed by atoms with van der Waals surface area (Å²) in [7, 11) is 0. The molecule has 37 heavy (non-hydrogen) atoms. The van der Waals surface area contributed by atoms with Gasteiger partial charge in [-0.3, -0.25) is 4.79 Å². The molecule has 2 aromatic carbocycles. The number of hydrogen-bond donors (Lipinski definition) is 1.